The summed E-state index contributed by atoms with van der Waals surface area (Å²) >= 11 is 7.19. The number of ether oxygens (including phenoxy) is 1. The predicted molar refractivity (Wildman–Crippen MR) is 150 cm³/mol. The number of rotatable bonds is 3. The maximum atomic E-state index is 11.9. The fourth-order valence-electron chi connectivity index (χ4n) is 3.39. The number of aromatic nitrogens is 4. The normalized spacial score (nSPS) is 11.1. The fourth-order valence-corrected chi connectivity index (χ4v) is 4.47. The zero-order chi connectivity index (χ0) is 27.3. The molecule has 194 valence electrons. The molecule has 0 aliphatic heterocycles. The van der Waals surface area contributed by atoms with Gasteiger partial charge < -0.3 is 4.74 Å². The summed E-state index contributed by atoms with van der Waals surface area (Å²) in [6.45, 7) is 5.44. The number of H-pyrrole nitrogens is 2. The van der Waals surface area contributed by atoms with Crippen LogP contribution in [-0.4, -0.2) is 32.1 Å². The molecular formula is C27H24ClN5O4S. The van der Waals surface area contributed by atoms with Crippen LogP contribution in [0.15, 0.2) is 92.3 Å². The topological polar surface area (TPSA) is 130 Å². The van der Waals surface area contributed by atoms with Crippen LogP contribution in [0.1, 0.15) is 20.8 Å². The van der Waals surface area contributed by atoms with Crippen molar-refractivity contribution in [3.8, 4) is 0 Å². The molecule has 2 aromatic heterocycles. The molecule has 3 aromatic carbocycles. The molecule has 2 heterocycles. The largest absolute Gasteiger partial charge is 0.444 e. The van der Waals surface area contributed by atoms with Crippen molar-refractivity contribution in [3.63, 3.8) is 0 Å². The SMILES string of the molecule is CC(C)(C)OC(=O)Nc1ccc(Sc2n[nH]c(=O)c3ccccc23)cc1.O=c1[nH]nc(Cl)c2ccccc12. The molecule has 9 nitrogen and oxygen atoms in total. The second-order valence-corrected chi connectivity index (χ2v) is 10.5. The first-order valence-electron chi connectivity index (χ1n) is 11.5. The zero-order valence-corrected chi connectivity index (χ0v) is 22.3. The zero-order valence-electron chi connectivity index (χ0n) is 20.7. The highest BCUT2D eigenvalue weighted by atomic mass is 35.5. The number of nitrogens with zero attached hydrogens (tertiary/aromatic N) is 2. The Kier molecular flexibility index (Phi) is 8.13. The Labute approximate surface area is 226 Å². The van der Waals surface area contributed by atoms with Crippen molar-refractivity contribution in [2.75, 3.05) is 5.32 Å². The summed E-state index contributed by atoms with van der Waals surface area (Å²) in [6, 6.07) is 21.7. The molecule has 0 unspecified atom stereocenters. The van der Waals surface area contributed by atoms with E-state index in [1.54, 1.807) is 36.4 Å². The van der Waals surface area contributed by atoms with Crippen LogP contribution in [0.2, 0.25) is 5.15 Å². The maximum Gasteiger partial charge on any atom is 0.412 e. The highest BCUT2D eigenvalue weighted by Gasteiger charge is 2.16. The van der Waals surface area contributed by atoms with Gasteiger partial charge in [-0.3, -0.25) is 14.9 Å². The second kappa shape index (κ2) is 11.5. The van der Waals surface area contributed by atoms with Crippen LogP contribution in [0.3, 0.4) is 0 Å². The Bertz CT molecular complexity index is 1710. The molecule has 0 spiro atoms. The van der Waals surface area contributed by atoms with Gasteiger partial charge >= 0.3 is 6.09 Å². The van der Waals surface area contributed by atoms with Crippen molar-refractivity contribution in [1.29, 1.82) is 0 Å². The lowest BCUT2D eigenvalue weighted by Gasteiger charge is -2.19. The molecule has 1 amide bonds. The number of anilines is 1. The number of carbonyl (C=O) groups excluding carboxylic acids is 1. The first kappa shape index (κ1) is 26.9. The summed E-state index contributed by atoms with van der Waals surface area (Å²) in [5.41, 5.74) is -0.323. The number of benzene rings is 3. The first-order valence-corrected chi connectivity index (χ1v) is 12.7. The van der Waals surface area contributed by atoms with E-state index >= 15 is 0 Å². The standard InChI is InChI=1S/C19H19N3O3S.C8H5ClN2O/c1-19(2,3)25-18(24)20-12-8-10-13(11-9-12)26-17-15-7-5-4-6-14(15)16(23)21-22-17;9-7-5-3-1-2-4-6(5)8(12)11-10-7/h4-11H,1-3H3,(H,20,24)(H,21,23);1-4H,(H,11,12). The van der Waals surface area contributed by atoms with E-state index in [4.69, 9.17) is 16.3 Å². The van der Waals surface area contributed by atoms with Gasteiger partial charge in [0.15, 0.2) is 5.15 Å². The van der Waals surface area contributed by atoms with Crippen molar-refractivity contribution in [2.45, 2.75) is 36.3 Å². The van der Waals surface area contributed by atoms with Gasteiger partial charge in [0.1, 0.15) is 10.6 Å². The Morgan fingerprint density at radius 2 is 1.34 bits per heavy atom. The van der Waals surface area contributed by atoms with Gasteiger partial charge in [-0.1, -0.05) is 59.8 Å². The van der Waals surface area contributed by atoms with Gasteiger partial charge in [-0.2, -0.15) is 10.2 Å². The molecule has 0 bridgehead atoms. The first-order chi connectivity index (χ1) is 18.1. The van der Waals surface area contributed by atoms with Gasteiger partial charge in [0.25, 0.3) is 11.1 Å². The average molecular weight is 550 g/mol. The lowest BCUT2D eigenvalue weighted by atomic mass is 10.2. The van der Waals surface area contributed by atoms with Crippen LogP contribution >= 0.6 is 23.4 Å². The molecule has 0 aliphatic carbocycles. The van der Waals surface area contributed by atoms with Crippen molar-refractivity contribution in [3.05, 3.63) is 98.7 Å². The molecule has 0 saturated carbocycles. The van der Waals surface area contributed by atoms with Crippen LogP contribution in [-0.2, 0) is 4.74 Å². The minimum Gasteiger partial charge on any atom is -0.444 e. The number of halogens is 1. The van der Waals surface area contributed by atoms with E-state index in [9.17, 15) is 14.4 Å². The molecule has 0 radical (unpaired) electrons. The summed E-state index contributed by atoms with van der Waals surface area (Å²) in [5, 5.41) is 19.0. The van der Waals surface area contributed by atoms with E-state index in [-0.39, 0.29) is 11.1 Å². The third-order valence-electron chi connectivity index (χ3n) is 5.02. The van der Waals surface area contributed by atoms with Gasteiger partial charge in [-0.05, 0) is 57.2 Å². The van der Waals surface area contributed by atoms with Gasteiger partial charge in [-0.15, -0.1) is 0 Å². The van der Waals surface area contributed by atoms with Crippen LogP contribution in [0.25, 0.3) is 21.5 Å². The highest BCUT2D eigenvalue weighted by Crippen LogP contribution is 2.31. The van der Waals surface area contributed by atoms with E-state index < -0.39 is 11.7 Å². The third-order valence-corrected chi connectivity index (χ3v) is 6.33. The summed E-state index contributed by atoms with van der Waals surface area (Å²) in [4.78, 5) is 35.7. The third kappa shape index (κ3) is 6.78. The quantitative estimate of drug-likeness (QED) is 0.252. The van der Waals surface area contributed by atoms with E-state index in [2.05, 4.69) is 25.7 Å². The Morgan fingerprint density at radius 1 is 0.816 bits per heavy atom. The number of nitrogens with one attached hydrogen (secondary N) is 3. The van der Waals surface area contributed by atoms with E-state index in [1.165, 1.54) is 11.8 Å². The minimum absolute atomic E-state index is 0.207. The maximum absolute atomic E-state index is 11.9. The summed E-state index contributed by atoms with van der Waals surface area (Å²) in [6.07, 6.45) is -0.494. The molecular weight excluding hydrogens is 526 g/mol. The van der Waals surface area contributed by atoms with E-state index in [0.29, 0.717) is 32.0 Å². The Hall–Kier alpha value is -4.15. The smallest absolute Gasteiger partial charge is 0.412 e. The number of hydrogen-bond acceptors (Lipinski definition) is 7. The number of carbonyl (C=O) groups is 1. The summed E-state index contributed by atoms with van der Waals surface area (Å²) in [5.74, 6) is 0. The molecule has 0 atom stereocenters. The summed E-state index contributed by atoms with van der Waals surface area (Å²) < 4.78 is 5.23. The molecule has 11 heteroatoms. The number of aromatic amines is 2. The van der Waals surface area contributed by atoms with Crippen LogP contribution in [0.4, 0.5) is 10.5 Å². The highest BCUT2D eigenvalue weighted by molar-refractivity contribution is 7.99. The lowest BCUT2D eigenvalue weighted by molar-refractivity contribution is 0.0636. The number of amides is 1. The summed E-state index contributed by atoms with van der Waals surface area (Å²) in [7, 11) is 0. The molecule has 5 rings (SSSR count). The van der Waals surface area contributed by atoms with Crippen LogP contribution in [0.5, 0.6) is 0 Å². The van der Waals surface area contributed by atoms with Crippen molar-refractivity contribution < 1.29 is 9.53 Å². The minimum atomic E-state index is -0.545. The number of hydrogen-bond donors (Lipinski definition) is 3. The van der Waals surface area contributed by atoms with E-state index in [0.717, 1.165) is 10.3 Å². The number of fused-ring (bicyclic) bond motifs is 2. The van der Waals surface area contributed by atoms with Gasteiger partial charge in [0, 0.05) is 21.4 Å². The Morgan fingerprint density at radius 3 is 1.92 bits per heavy atom. The molecule has 0 saturated heterocycles. The molecule has 0 fully saturated rings. The van der Waals surface area contributed by atoms with Gasteiger partial charge in [-0.25, -0.2) is 15.0 Å². The monoisotopic (exact) mass is 549 g/mol. The van der Waals surface area contributed by atoms with Crippen molar-refractivity contribution in [2.24, 2.45) is 0 Å². The van der Waals surface area contributed by atoms with Crippen molar-refractivity contribution in [1.82, 2.24) is 20.4 Å². The van der Waals surface area contributed by atoms with Crippen LogP contribution in [0, 0.1) is 0 Å². The van der Waals surface area contributed by atoms with Gasteiger partial charge in [0.2, 0.25) is 0 Å². The average Bonchev–Trinajstić information content (AvgIpc) is 2.89. The predicted octanol–water partition coefficient (Wildman–Crippen LogP) is 6.00. The molecule has 3 N–H and O–H groups in total. The molecule has 5 aromatic rings. The Balaban J connectivity index is 0.000000232. The second-order valence-electron chi connectivity index (χ2n) is 9.05. The van der Waals surface area contributed by atoms with Gasteiger partial charge in [0.05, 0.1) is 10.8 Å². The van der Waals surface area contributed by atoms with Crippen LogP contribution < -0.4 is 16.4 Å². The lowest BCUT2D eigenvalue weighted by Crippen LogP contribution is -2.27. The molecule has 38 heavy (non-hydrogen) atoms. The van der Waals surface area contributed by atoms with Crippen molar-refractivity contribution >= 4 is 56.7 Å². The fraction of sp³-hybridized carbons (Fsp3) is 0.148. The molecule has 0 aliphatic rings. The van der Waals surface area contributed by atoms with E-state index in [1.807, 2.05) is 57.2 Å².